The van der Waals surface area contributed by atoms with Gasteiger partial charge in [0, 0.05) is 26.1 Å². The molecular weight excluding hydrogens is 214 g/mol. The molecule has 1 aliphatic rings. The Bertz CT molecular complexity index is 431. The van der Waals surface area contributed by atoms with Crippen molar-refractivity contribution in [3.8, 4) is 0 Å². The van der Waals surface area contributed by atoms with Crippen molar-refractivity contribution in [2.24, 2.45) is 0 Å². The average molecular weight is 233 g/mol. The van der Waals surface area contributed by atoms with Crippen LogP contribution in [0.3, 0.4) is 0 Å². The number of nitrogens with two attached hydrogens (primary N) is 1. The molecule has 1 unspecified atom stereocenters. The molecular formula is C13H19N3O. The molecule has 0 aliphatic carbocycles. The summed E-state index contributed by atoms with van der Waals surface area (Å²) in [6, 6.07) is 6.29. The van der Waals surface area contributed by atoms with E-state index in [2.05, 4.69) is 5.32 Å². The van der Waals surface area contributed by atoms with Crippen molar-refractivity contribution in [3.05, 3.63) is 23.8 Å². The quantitative estimate of drug-likeness (QED) is 0.763. The second-order valence-electron chi connectivity index (χ2n) is 4.74. The van der Waals surface area contributed by atoms with Crippen LogP contribution in [0.2, 0.25) is 0 Å². The van der Waals surface area contributed by atoms with Crippen LogP contribution in [0, 0.1) is 6.92 Å². The molecule has 0 radical (unpaired) electrons. The van der Waals surface area contributed by atoms with E-state index < -0.39 is 0 Å². The van der Waals surface area contributed by atoms with E-state index in [1.54, 1.807) is 4.90 Å². The first-order valence-electron chi connectivity index (χ1n) is 5.93. The Hall–Kier alpha value is -1.71. The van der Waals surface area contributed by atoms with Gasteiger partial charge in [0.15, 0.2) is 0 Å². The van der Waals surface area contributed by atoms with Crippen molar-refractivity contribution < 1.29 is 4.79 Å². The van der Waals surface area contributed by atoms with E-state index in [0.717, 1.165) is 29.9 Å². The largest absolute Gasteiger partial charge is 0.397 e. The van der Waals surface area contributed by atoms with Crippen molar-refractivity contribution in [3.63, 3.8) is 0 Å². The number of nitrogens with one attached hydrogen (secondary N) is 1. The molecule has 0 saturated carbocycles. The molecule has 4 heteroatoms. The van der Waals surface area contributed by atoms with E-state index in [1.165, 1.54) is 0 Å². The first-order valence-corrected chi connectivity index (χ1v) is 5.93. The van der Waals surface area contributed by atoms with Crippen LogP contribution in [-0.4, -0.2) is 30.4 Å². The fraction of sp³-hybridized carbons (Fsp3) is 0.462. The van der Waals surface area contributed by atoms with Gasteiger partial charge < -0.3 is 16.0 Å². The number of amides is 1. The van der Waals surface area contributed by atoms with Gasteiger partial charge in [-0.15, -0.1) is 0 Å². The van der Waals surface area contributed by atoms with Gasteiger partial charge in [-0.1, -0.05) is 6.07 Å². The standard InChI is InChI=1S/C13H19N3O/c1-9-3-5-12(11(14)7-9)15-10-4-6-13(17)16(2)8-10/h3,5,7,10,15H,4,6,8,14H2,1-2H3. The number of likely N-dealkylation sites (tertiary alicyclic amines) is 1. The molecule has 1 atom stereocenters. The molecule has 1 amide bonds. The summed E-state index contributed by atoms with van der Waals surface area (Å²) in [7, 11) is 1.84. The van der Waals surface area contributed by atoms with Crippen LogP contribution in [0.4, 0.5) is 11.4 Å². The lowest BCUT2D eigenvalue weighted by Gasteiger charge is -2.31. The normalized spacial score (nSPS) is 20.5. The highest BCUT2D eigenvalue weighted by atomic mass is 16.2. The van der Waals surface area contributed by atoms with Gasteiger partial charge in [0.1, 0.15) is 0 Å². The summed E-state index contributed by atoms with van der Waals surface area (Å²) in [5.74, 6) is 0.222. The number of hydrogen-bond donors (Lipinski definition) is 2. The number of carbonyl (C=O) groups is 1. The zero-order valence-corrected chi connectivity index (χ0v) is 10.4. The maximum Gasteiger partial charge on any atom is 0.222 e. The number of nitrogens with zero attached hydrogens (tertiary/aromatic N) is 1. The Balaban J connectivity index is 2.03. The molecule has 1 saturated heterocycles. The van der Waals surface area contributed by atoms with E-state index in [1.807, 2.05) is 32.2 Å². The molecule has 0 spiro atoms. The summed E-state index contributed by atoms with van der Waals surface area (Å²) in [5, 5.41) is 3.41. The minimum absolute atomic E-state index is 0.222. The fourth-order valence-electron chi connectivity index (χ4n) is 2.16. The molecule has 1 aromatic rings. The highest BCUT2D eigenvalue weighted by Gasteiger charge is 2.22. The van der Waals surface area contributed by atoms with Gasteiger partial charge in [-0.05, 0) is 31.0 Å². The Labute approximate surface area is 102 Å². The summed E-state index contributed by atoms with van der Waals surface area (Å²) in [6.45, 7) is 2.76. The zero-order chi connectivity index (χ0) is 12.4. The average Bonchev–Trinajstić information content (AvgIpc) is 2.27. The zero-order valence-electron chi connectivity index (χ0n) is 10.4. The van der Waals surface area contributed by atoms with Crippen LogP contribution in [0.15, 0.2) is 18.2 Å². The van der Waals surface area contributed by atoms with Crippen LogP contribution in [0.1, 0.15) is 18.4 Å². The molecule has 0 bridgehead atoms. The molecule has 4 nitrogen and oxygen atoms in total. The Morgan fingerprint density at radius 3 is 2.88 bits per heavy atom. The van der Waals surface area contributed by atoms with Crippen LogP contribution < -0.4 is 11.1 Å². The number of likely N-dealkylation sites (N-methyl/N-ethyl adjacent to an activating group) is 1. The van der Waals surface area contributed by atoms with Gasteiger partial charge in [-0.3, -0.25) is 4.79 Å². The van der Waals surface area contributed by atoms with Crippen molar-refractivity contribution in [1.82, 2.24) is 4.90 Å². The SMILES string of the molecule is Cc1ccc(NC2CCC(=O)N(C)C2)c(N)c1. The molecule has 1 heterocycles. The maximum atomic E-state index is 11.4. The summed E-state index contributed by atoms with van der Waals surface area (Å²) in [6.07, 6.45) is 1.48. The monoisotopic (exact) mass is 233 g/mol. The molecule has 3 N–H and O–H groups in total. The smallest absolute Gasteiger partial charge is 0.222 e. The summed E-state index contributed by atoms with van der Waals surface area (Å²) in [4.78, 5) is 13.1. The summed E-state index contributed by atoms with van der Waals surface area (Å²) >= 11 is 0. The summed E-state index contributed by atoms with van der Waals surface area (Å²) < 4.78 is 0. The van der Waals surface area contributed by atoms with E-state index in [-0.39, 0.29) is 5.91 Å². The van der Waals surface area contributed by atoms with Gasteiger partial charge in [0.2, 0.25) is 5.91 Å². The molecule has 1 fully saturated rings. The highest BCUT2D eigenvalue weighted by molar-refractivity contribution is 5.77. The first-order chi connectivity index (χ1) is 8.06. The van der Waals surface area contributed by atoms with Crippen LogP contribution in [-0.2, 0) is 4.79 Å². The van der Waals surface area contributed by atoms with E-state index in [4.69, 9.17) is 5.73 Å². The van der Waals surface area contributed by atoms with E-state index >= 15 is 0 Å². The van der Waals surface area contributed by atoms with Crippen molar-refractivity contribution in [2.45, 2.75) is 25.8 Å². The van der Waals surface area contributed by atoms with Crippen LogP contribution in [0.5, 0.6) is 0 Å². The third kappa shape index (κ3) is 2.70. The Morgan fingerprint density at radius 2 is 2.24 bits per heavy atom. The lowest BCUT2D eigenvalue weighted by Crippen LogP contribution is -2.43. The molecule has 1 aliphatic heterocycles. The Morgan fingerprint density at radius 1 is 1.47 bits per heavy atom. The van der Waals surface area contributed by atoms with Gasteiger partial charge in [-0.25, -0.2) is 0 Å². The minimum Gasteiger partial charge on any atom is -0.397 e. The number of nitrogen functional groups attached to an aromatic ring is 1. The number of rotatable bonds is 2. The van der Waals surface area contributed by atoms with Gasteiger partial charge in [0.25, 0.3) is 0 Å². The van der Waals surface area contributed by atoms with E-state index in [0.29, 0.717) is 12.5 Å². The highest BCUT2D eigenvalue weighted by Crippen LogP contribution is 2.22. The molecule has 0 aromatic heterocycles. The topological polar surface area (TPSA) is 58.4 Å². The number of piperidine rings is 1. The number of hydrogen-bond acceptors (Lipinski definition) is 3. The second-order valence-corrected chi connectivity index (χ2v) is 4.74. The van der Waals surface area contributed by atoms with Crippen molar-refractivity contribution in [2.75, 3.05) is 24.6 Å². The van der Waals surface area contributed by atoms with Crippen molar-refractivity contribution in [1.29, 1.82) is 0 Å². The number of benzene rings is 1. The third-order valence-electron chi connectivity index (χ3n) is 3.19. The molecule has 1 aromatic carbocycles. The molecule has 17 heavy (non-hydrogen) atoms. The number of carbonyl (C=O) groups excluding carboxylic acids is 1. The molecule has 92 valence electrons. The van der Waals surface area contributed by atoms with Crippen LogP contribution >= 0.6 is 0 Å². The Kier molecular flexibility index (Phi) is 3.22. The second kappa shape index (κ2) is 4.65. The predicted octanol–water partition coefficient (Wildman–Crippen LogP) is 1.61. The first kappa shape index (κ1) is 11.8. The number of aryl methyl sites for hydroxylation is 1. The van der Waals surface area contributed by atoms with Gasteiger partial charge >= 0.3 is 0 Å². The van der Waals surface area contributed by atoms with Gasteiger partial charge in [-0.2, -0.15) is 0 Å². The van der Waals surface area contributed by atoms with Crippen molar-refractivity contribution >= 4 is 17.3 Å². The number of anilines is 2. The maximum absolute atomic E-state index is 11.4. The lowest BCUT2D eigenvalue weighted by molar-refractivity contribution is -0.132. The lowest BCUT2D eigenvalue weighted by atomic mass is 10.0. The van der Waals surface area contributed by atoms with Gasteiger partial charge in [0.05, 0.1) is 11.4 Å². The predicted molar refractivity (Wildman–Crippen MR) is 69.9 cm³/mol. The molecule has 2 rings (SSSR count). The summed E-state index contributed by atoms with van der Waals surface area (Å²) in [5.41, 5.74) is 8.84. The fourth-order valence-corrected chi connectivity index (χ4v) is 2.16. The van der Waals surface area contributed by atoms with E-state index in [9.17, 15) is 4.79 Å². The third-order valence-corrected chi connectivity index (χ3v) is 3.19. The van der Waals surface area contributed by atoms with Crippen LogP contribution in [0.25, 0.3) is 0 Å². The minimum atomic E-state index is 0.222.